The molecule has 6 nitrogen and oxygen atoms in total. The van der Waals surface area contributed by atoms with E-state index in [0.29, 0.717) is 23.9 Å². The molecule has 2 heterocycles. The molecule has 2 aromatic carbocycles. The maximum absolute atomic E-state index is 13.0. The first kappa shape index (κ1) is 18.0. The van der Waals surface area contributed by atoms with Crippen molar-refractivity contribution in [2.75, 3.05) is 13.6 Å². The highest BCUT2D eigenvalue weighted by atomic mass is 32.2. The van der Waals surface area contributed by atoms with Crippen LogP contribution in [0.4, 0.5) is 0 Å². The fraction of sp³-hybridized carbons (Fsp3) is 0.211. The van der Waals surface area contributed by atoms with Crippen molar-refractivity contribution >= 4 is 37.4 Å². The predicted octanol–water partition coefficient (Wildman–Crippen LogP) is 2.68. The summed E-state index contributed by atoms with van der Waals surface area (Å²) < 4.78 is 32.3. The number of amides is 1. The molecule has 1 amide bonds. The van der Waals surface area contributed by atoms with Crippen LogP contribution in [0, 0.1) is 0 Å². The minimum absolute atomic E-state index is 0.125. The van der Waals surface area contributed by atoms with Crippen LogP contribution in [-0.2, 0) is 21.3 Å². The predicted molar refractivity (Wildman–Crippen MR) is 104 cm³/mol. The van der Waals surface area contributed by atoms with Gasteiger partial charge in [0.25, 0.3) is 0 Å². The highest BCUT2D eigenvalue weighted by molar-refractivity contribution is 7.87. The van der Waals surface area contributed by atoms with Crippen molar-refractivity contribution in [3.05, 3.63) is 59.0 Å². The Morgan fingerprint density at radius 1 is 1.22 bits per heavy atom. The van der Waals surface area contributed by atoms with Crippen LogP contribution in [0.3, 0.4) is 0 Å². The van der Waals surface area contributed by atoms with Crippen molar-refractivity contribution in [1.82, 2.24) is 4.90 Å². The Kier molecular flexibility index (Phi) is 4.41. The Morgan fingerprint density at radius 3 is 2.78 bits per heavy atom. The van der Waals surface area contributed by atoms with Gasteiger partial charge >= 0.3 is 10.1 Å². The normalized spacial score (nSPS) is 17.6. The van der Waals surface area contributed by atoms with E-state index in [1.165, 1.54) is 11.3 Å². The fourth-order valence-corrected chi connectivity index (χ4v) is 5.93. The molecule has 0 radical (unpaired) electrons. The lowest BCUT2D eigenvalue weighted by atomic mass is 9.92. The average Bonchev–Trinajstić information content (AvgIpc) is 3.06. The third-order valence-corrected chi connectivity index (χ3v) is 7.18. The summed E-state index contributed by atoms with van der Waals surface area (Å²) in [5.74, 6) is -0.383. The van der Waals surface area contributed by atoms with Crippen LogP contribution < -0.4 is 9.92 Å². The number of primary amides is 1. The van der Waals surface area contributed by atoms with Gasteiger partial charge < -0.3 is 9.92 Å². The topological polar surface area (TPSA) is 89.7 Å². The minimum Gasteiger partial charge on any atom is -0.379 e. The second-order valence-electron chi connectivity index (χ2n) is 6.50. The number of hydrogen-bond donors (Lipinski definition) is 1. The van der Waals surface area contributed by atoms with Crippen molar-refractivity contribution in [2.24, 2.45) is 5.73 Å². The molecule has 3 aromatic rings. The van der Waals surface area contributed by atoms with E-state index < -0.39 is 22.1 Å². The van der Waals surface area contributed by atoms with E-state index in [9.17, 15) is 13.2 Å². The SMILES string of the molecule is CN1CCc2cccc(OS(=O)(=O)c3csc4ccccc34)c2C1C(N)=O. The standard InChI is InChI=1S/C19H18N2O4S2/c1-21-10-9-12-5-4-7-14(17(12)18(21)19(20)22)25-27(23,24)16-11-26-15-8-3-2-6-13(15)16/h2-8,11,18H,9-10H2,1H3,(H2,20,22). The summed E-state index contributed by atoms with van der Waals surface area (Å²) in [5.41, 5.74) is 6.99. The van der Waals surface area contributed by atoms with E-state index in [1.54, 1.807) is 36.7 Å². The van der Waals surface area contributed by atoms with E-state index in [1.807, 2.05) is 23.1 Å². The van der Waals surface area contributed by atoms with Gasteiger partial charge in [0.15, 0.2) is 0 Å². The number of nitrogens with two attached hydrogens (primary N) is 1. The van der Waals surface area contributed by atoms with Gasteiger partial charge in [-0.15, -0.1) is 11.3 Å². The van der Waals surface area contributed by atoms with Crippen LogP contribution >= 0.6 is 11.3 Å². The second kappa shape index (κ2) is 6.63. The van der Waals surface area contributed by atoms with Gasteiger partial charge in [-0.25, -0.2) is 0 Å². The maximum atomic E-state index is 13.0. The Hall–Kier alpha value is -2.42. The molecule has 1 atom stereocenters. The lowest BCUT2D eigenvalue weighted by Crippen LogP contribution is -2.40. The number of fused-ring (bicyclic) bond motifs is 2. The minimum atomic E-state index is -4.06. The molecule has 8 heteroatoms. The number of benzene rings is 2. The van der Waals surface area contributed by atoms with E-state index in [4.69, 9.17) is 9.92 Å². The molecule has 1 unspecified atom stereocenters. The lowest BCUT2D eigenvalue weighted by molar-refractivity contribution is -0.123. The van der Waals surface area contributed by atoms with Crippen LogP contribution in [0.2, 0.25) is 0 Å². The molecule has 1 aliphatic rings. The Bertz CT molecular complexity index is 1140. The largest absolute Gasteiger partial charge is 0.379 e. The van der Waals surface area contributed by atoms with Gasteiger partial charge in [-0.2, -0.15) is 8.42 Å². The average molecular weight is 402 g/mol. The summed E-state index contributed by atoms with van der Waals surface area (Å²) in [6.45, 7) is 0.659. The molecule has 0 saturated heterocycles. The van der Waals surface area contributed by atoms with E-state index in [2.05, 4.69) is 0 Å². The Morgan fingerprint density at radius 2 is 2.00 bits per heavy atom. The summed E-state index contributed by atoms with van der Waals surface area (Å²) in [4.78, 5) is 14.0. The third-order valence-electron chi connectivity index (χ3n) is 4.79. The number of thiophene rings is 1. The van der Waals surface area contributed by atoms with Crippen LogP contribution in [0.1, 0.15) is 17.2 Å². The number of carbonyl (C=O) groups excluding carboxylic acids is 1. The first-order valence-corrected chi connectivity index (χ1v) is 10.7. The Labute approximate surface area is 161 Å². The maximum Gasteiger partial charge on any atom is 0.340 e. The van der Waals surface area contributed by atoms with Gasteiger partial charge in [-0.1, -0.05) is 30.3 Å². The van der Waals surface area contributed by atoms with Crippen LogP contribution in [0.15, 0.2) is 52.7 Å². The number of carbonyl (C=O) groups is 1. The fourth-order valence-electron chi connectivity index (χ4n) is 3.51. The highest BCUT2D eigenvalue weighted by Gasteiger charge is 2.34. The smallest absolute Gasteiger partial charge is 0.340 e. The first-order valence-electron chi connectivity index (χ1n) is 8.40. The monoisotopic (exact) mass is 402 g/mol. The zero-order valence-electron chi connectivity index (χ0n) is 14.6. The summed E-state index contributed by atoms with van der Waals surface area (Å²) in [7, 11) is -2.27. The molecule has 1 aromatic heterocycles. The highest BCUT2D eigenvalue weighted by Crippen LogP contribution is 2.38. The molecule has 2 N–H and O–H groups in total. The van der Waals surface area contributed by atoms with Crippen molar-refractivity contribution in [3.63, 3.8) is 0 Å². The van der Waals surface area contributed by atoms with Crippen molar-refractivity contribution in [2.45, 2.75) is 17.4 Å². The van der Waals surface area contributed by atoms with Gasteiger partial charge in [0, 0.05) is 27.6 Å². The van der Waals surface area contributed by atoms with Gasteiger partial charge in [-0.3, -0.25) is 9.69 Å². The summed E-state index contributed by atoms with van der Waals surface area (Å²) in [6, 6.07) is 11.7. The van der Waals surface area contributed by atoms with Crippen molar-refractivity contribution in [1.29, 1.82) is 0 Å². The molecular formula is C19H18N2O4S2. The molecule has 0 bridgehead atoms. The van der Waals surface area contributed by atoms with E-state index >= 15 is 0 Å². The molecule has 140 valence electrons. The second-order valence-corrected chi connectivity index (χ2v) is 8.92. The van der Waals surface area contributed by atoms with Crippen molar-refractivity contribution < 1.29 is 17.4 Å². The number of hydrogen-bond acceptors (Lipinski definition) is 6. The van der Waals surface area contributed by atoms with Gasteiger partial charge in [0.1, 0.15) is 16.7 Å². The van der Waals surface area contributed by atoms with Gasteiger partial charge in [0.05, 0.1) is 0 Å². The Balaban J connectivity index is 1.81. The van der Waals surface area contributed by atoms with E-state index in [-0.39, 0.29) is 10.6 Å². The number of nitrogens with zero attached hydrogens (tertiary/aromatic N) is 1. The molecule has 0 spiro atoms. The molecular weight excluding hydrogens is 384 g/mol. The van der Waals surface area contributed by atoms with E-state index in [0.717, 1.165) is 10.3 Å². The quantitative estimate of drug-likeness (QED) is 0.678. The zero-order chi connectivity index (χ0) is 19.2. The molecule has 0 fully saturated rings. The van der Waals surface area contributed by atoms with Crippen LogP contribution in [0.25, 0.3) is 10.1 Å². The van der Waals surface area contributed by atoms with Crippen LogP contribution in [-0.4, -0.2) is 32.8 Å². The molecule has 27 heavy (non-hydrogen) atoms. The summed E-state index contributed by atoms with van der Waals surface area (Å²) in [6.07, 6.45) is 0.689. The zero-order valence-corrected chi connectivity index (χ0v) is 16.2. The number of likely N-dealkylation sites (N-methyl/N-ethyl adjacent to an activating group) is 1. The summed E-state index contributed by atoms with van der Waals surface area (Å²) >= 11 is 1.34. The molecule has 0 aliphatic carbocycles. The molecule has 0 saturated carbocycles. The molecule has 4 rings (SSSR count). The van der Waals surface area contributed by atoms with Crippen molar-refractivity contribution in [3.8, 4) is 5.75 Å². The van der Waals surface area contributed by atoms with Gasteiger partial charge in [-0.05, 0) is 31.2 Å². The van der Waals surface area contributed by atoms with Gasteiger partial charge in [0.2, 0.25) is 5.91 Å². The number of rotatable bonds is 4. The third kappa shape index (κ3) is 3.09. The first-order chi connectivity index (χ1) is 12.9. The van der Waals surface area contributed by atoms with Crippen LogP contribution in [0.5, 0.6) is 5.75 Å². The summed E-state index contributed by atoms with van der Waals surface area (Å²) in [5, 5.41) is 2.20. The lowest BCUT2D eigenvalue weighted by Gasteiger charge is -2.33. The molecule has 1 aliphatic heterocycles.